The van der Waals surface area contributed by atoms with Crippen molar-refractivity contribution in [2.24, 2.45) is 5.73 Å². The second-order valence-electron chi connectivity index (χ2n) is 5.76. The summed E-state index contributed by atoms with van der Waals surface area (Å²) in [7, 11) is 2.07. The highest BCUT2D eigenvalue weighted by Gasteiger charge is 2.19. The molecular formula is C16H25N3O2. The van der Waals surface area contributed by atoms with E-state index in [4.69, 9.17) is 10.5 Å². The van der Waals surface area contributed by atoms with Crippen LogP contribution in [0.1, 0.15) is 12.5 Å². The zero-order valence-electron chi connectivity index (χ0n) is 12.9. The highest BCUT2D eigenvalue weighted by atomic mass is 16.5. The first-order valence-electron chi connectivity index (χ1n) is 7.49. The number of piperazine rings is 1. The molecule has 0 aromatic heterocycles. The molecule has 0 spiro atoms. The van der Waals surface area contributed by atoms with E-state index in [2.05, 4.69) is 11.9 Å². The van der Waals surface area contributed by atoms with Gasteiger partial charge in [0.15, 0.2) is 6.61 Å². The quantitative estimate of drug-likeness (QED) is 0.869. The molecule has 0 saturated carbocycles. The van der Waals surface area contributed by atoms with E-state index in [0.717, 1.165) is 43.9 Å². The second kappa shape index (κ2) is 7.43. The van der Waals surface area contributed by atoms with Crippen LogP contribution in [-0.4, -0.2) is 61.6 Å². The Labute approximate surface area is 126 Å². The van der Waals surface area contributed by atoms with Gasteiger partial charge in [-0.25, -0.2) is 0 Å². The van der Waals surface area contributed by atoms with Gasteiger partial charge in [0.1, 0.15) is 5.75 Å². The maximum Gasteiger partial charge on any atom is 0.260 e. The number of hydrogen-bond donors (Lipinski definition) is 1. The van der Waals surface area contributed by atoms with Crippen molar-refractivity contribution in [1.29, 1.82) is 0 Å². The normalized spacial score (nSPS) is 17.6. The van der Waals surface area contributed by atoms with Crippen LogP contribution in [0.25, 0.3) is 0 Å². The Morgan fingerprint density at radius 1 is 1.29 bits per heavy atom. The molecule has 1 unspecified atom stereocenters. The van der Waals surface area contributed by atoms with E-state index in [1.165, 1.54) is 0 Å². The molecule has 2 rings (SSSR count). The van der Waals surface area contributed by atoms with E-state index in [1.54, 1.807) is 0 Å². The van der Waals surface area contributed by atoms with Crippen LogP contribution in [-0.2, 0) is 11.2 Å². The standard InChI is InChI=1S/C16H25N3O2/c1-13(17)11-14-5-3-4-6-15(14)21-12-16(20)19-9-7-18(2)8-10-19/h3-6,13H,7-12,17H2,1-2H3. The van der Waals surface area contributed by atoms with Gasteiger partial charge in [-0.1, -0.05) is 18.2 Å². The van der Waals surface area contributed by atoms with Crippen molar-refractivity contribution < 1.29 is 9.53 Å². The maximum atomic E-state index is 12.2. The van der Waals surface area contributed by atoms with Gasteiger partial charge in [-0.05, 0) is 32.0 Å². The molecule has 5 heteroatoms. The van der Waals surface area contributed by atoms with Gasteiger partial charge < -0.3 is 20.3 Å². The lowest BCUT2D eigenvalue weighted by Crippen LogP contribution is -2.48. The molecule has 2 N–H and O–H groups in total. The molecule has 1 heterocycles. The number of amides is 1. The van der Waals surface area contributed by atoms with Crippen molar-refractivity contribution in [1.82, 2.24) is 9.80 Å². The van der Waals surface area contributed by atoms with Gasteiger partial charge in [0.05, 0.1) is 0 Å². The third-order valence-corrected chi connectivity index (χ3v) is 3.72. The van der Waals surface area contributed by atoms with Crippen molar-refractivity contribution in [3.63, 3.8) is 0 Å². The highest BCUT2D eigenvalue weighted by Crippen LogP contribution is 2.19. The van der Waals surface area contributed by atoms with Gasteiger partial charge >= 0.3 is 0 Å². The minimum atomic E-state index is 0.0544. The summed E-state index contributed by atoms with van der Waals surface area (Å²) in [6.07, 6.45) is 0.749. The Balaban J connectivity index is 1.89. The summed E-state index contributed by atoms with van der Waals surface area (Å²) in [6, 6.07) is 7.85. The Morgan fingerprint density at radius 3 is 2.62 bits per heavy atom. The van der Waals surface area contributed by atoms with E-state index in [-0.39, 0.29) is 18.6 Å². The van der Waals surface area contributed by atoms with Crippen molar-refractivity contribution >= 4 is 5.91 Å². The third kappa shape index (κ3) is 4.72. The number of rotatable bonds is 5. The smallest absolute Gasteiger partial charge is 0.260 e. The van der Waals surface area contributed by atoms with Crippen LogP contribution in [0, 0.1) is 0 Å². The molecule has 1 saturated heterocycles. The summed E-state index contributed by atoms with van der Waals surface area (Å²) in [5.41, 5.74) is 6.90. The van der Waals surface area contributed by atoms with E-state index >= 15 is 0 Å². The zero-order valence-corrected chi connectivity index (χ0v) is 12.9. The molecule has 21 heavy (non-hydrogen) atoms. The number of benzene rings is 1. The molecule has 116 valence electrons. The molecule has 5 nitrogen and oxygen atoms in total. The van der Waals surface area contributed by atoms with Gasteiger partial charge in [-0.2, -0.15) is 0 Å². The van der Waals surface area contributed by atoms with Crippen LogP contribution < -0.4 is 10.5 Å². The molecule has 1 aromatic rings. The number of hydrogen-bond acceptors (Lipinski definition) is 4. The molecule has 1 aromatic carbocycles. The number of nitrogens with zero attached hydrogens (tertiary/aromatic N) is 2. The van der Waals surface area contributed by atoms with Crippen molar-refractivity contribution in [2.45, 2.75) is 19.4 Å². The first-order valence-corrected chi connectivity index (χ1v) is 7.49. The molecule has 1 aliphatic rings. The molecule has 1 amide bonds. The van der Waals surface area contributed by atoms with E-state index in [1.807, 2.05) is 36.1 Å². The lowest BCUT2D eigenvalue weighted by atomic mass is 10.1. The maximum absolute atomic E-state index is 12.2. The number of likely N-dealkylation sites (N-methyl/N-ethyl adjacent to an activating group) is 1. The Bertz CT molecular complexity index is 468. The van der Waals surface area contributed by atoms with Crippen LogP contribution in [0.5, 0.6) is 5.75 Å². The Hall–Kier alpha value is -1.59. The highest BCUT2D eigenvalue weighted by molar-refractivity contribution is 5.78. The molecule has 1 fully saturated rings. The minimum Gasteiger partial charge on any atom is -0.483 e. The van der Waals surface area contributed by atoms with Gasteiger partial charge in [0.25, 0.3) is 5.91 Å². The number of carbonyl (C=O) groups is 1. The predicted molar refractivity (Wildman–Crippen MR) is 83.4 cm³/mol. The number of ether oxygens (including phenoxy) is 1. The fraction of sp³-hybridized carbons (Fsp3) is 0.562. The summed E-state index contributed by atoms with van der Waals surface area (Å²) < 4.78 is 5.72. The summed E-state index contributed by atoms with van der Waals surface area (Å²) >= 11 is 0. The molecule has 0 bridgehead atoms. The average molecular weight is 291 g/mol. The van der Waals surface area contributed by atoms with E-state index < -0.39 is 0 Å². The first kappa shape index (κ1) is 15.8. The first-order chi connectivity index (χ1) is 10.1. The van der Waals surface area contributed by atoms with Crippen LogP contribution in [0.2, 0.25) is 0 Å². The summed E-state index contributed by atoms with van der Waals surface area (Å²) in [5, 5.41) is 0. The van der Waals surface area contributed by atoms with Gasteiger partial charge in [-0.15, -0.1) is 0 Å². The minimum absolute atomic E-state index is 0.0544. The third-order valence-electron chi connectivity index (χ3n) is 3.72. The van der Waals surface area contributed by atoms with Gasteiger partial charge in [0, 0.05) is 32.2 Å². The van der Waals surface area contributed by atoms with E-state index in [0.29, 0.717) is 0 Å². The van der Waals surface area contributed by atoms with Crippen molar-refractivity contribution in [3.05, 3.63) is 29.8 Å². The van der Waals surface area contributed by atoms with Crippen LogP contribution in [0.3, 0.4) is 0 Å². The molecule has 0 radical (unpaired) electrons. The van der Waals surface area contributed by atoms with Crippen molar-refractivity contribution in [3.8, 4) is 5.75 Å². The monoisotopic (exact) mass is 291 g/mol. The molecule has 1 atom stereocenters. The van der Waals surface area contributed by atoms with Crippen LogP contribution in [0.15, 0.2) is 24.3 Å². The average Bonchev–Trinajstić information content (AvgIpc) is 2.46. The lowest BCUT2D eigenvalue weighted by molar-refractivity contribution is -0.134. The Morgan fingerprint density at radius 2 is 1.95 bits per heavy atom. The fourth-order valence-electron chi connectivity index (χ4n) is 2.45. The molecule has 0 aliphatic carbocycles. The number of carbonyl (C=O) groups excluding carboxylic acids is 1. The van der Waals surface area contributed by atoms with Gasteiger partial charge in [-0.3, -0.25) is 4.79 Å². The lowest BCUT2D eigenvalue weighted by Gasteiger charge is -2.32. The van der Waals surface area contributed by atoms with Crippen molar-refractivity contribution in [2.75, 3.05) is 39.8 Å². The predicted octanol–water partition coefficient (Wildman–Crippen LogP) is 0.729. The van der Waals surface area contributed by atoms with Gasteiger partial charge in [0.2, 0.25) is 0 Å². The summed E-state index contributed by atoms with van der Waals surface area (Å²) in [6.45, 7) is 5.46. The fourth-order valence-corrected chi connectivity index (χ4v) is 2.45. The summed E-state index contributed by atoms with van der Waals surface area (Å²) in [4.78, 5) is 16.3. The second-order valence-corrected chi connectivity index (χ2v) is 5.76. The SMILES string of the molecule is CC(N)Cc1ccccc1OCC(=O)N1CCN(C)CC1. The largest absolute Gasteiger partial charge is 0.483 e. The molecule has 1 aliphatic heterocycles. The topological polar surface area (TPSA) is 58.8 Å². The van der Waals surface area contributed by atoms with Crippen LogP contribution >= 0.6 is 0 Å². The number of para-hydroxylation sites is 1. The van der Waals surface area contributed by atoms with Crippen LogP contribution in [0.4, 0.5) is 0 Å². The zero-order chi connectivity index (χ0) is 15.2. The molecular weight excluding hydrogens is 266 g/mol. The Kier molecular flexibility index (Phi) is 5.59. The van der Waals surface area contributed by atoms with E-state index in [9.17, 15) is 4.79 Å². The summed E-state index contributed by atoms with van der Waals surface area (Å²) in [5.74, 6) is 0.816. The number of nitrogens with two attached hydrogens (primary N) is 1.